The highest BCUT2D eigenvalue weighted by Gasteiger charge is 2.25. The second-order valence-electron chi connectivity index (χ2n) is 16.8. The summed E-state index contributed by atoms with van der Waals surface area (Å²) in [6, 6.07) is 71.7. The highest BCUT2D eigenvalue weighted by molar-refractivity contribution is 6.26. The molecule has 0 radical (unpaired) electrons. The van der Waals surface area contributed by atoms with Crippen molar-refractivity contribution in [3.63, 3.8) is 0 Å². The average Bonchev–Trinajstić information content (AvgIpc) is 4.07. The van der Waals surface area contributed by atoms with Crippen molar-refractivity contribution in [3.05, 3.63) is 211 Å². The van der Waals surface area contributed by atoms with Crippen LogP contribution in [0.3, 0.4) is 0 Å². The molecule has 0 spiro atoms. The van der Waals surface area contributed by atoms with E-state index in [-0.39, 0.29) is 0 Å². The SMILES string of the molecule is C1=Cc2c(n(-c3ccccc3)c3c2ccc2c4ccccc4n(-c4ccc5cc(-n6c7ccccc7c7c6ccc6c8ccccc8n(-c8ccccc8)c67)ccc5c4)c23)CC1. The third kappa shape index (κ3) is 4.55. The molecular weight excluding hydrogens is 753 g/mol. The summed E-state index contributed by atoms with van der Waals surface area (Å²) >= 11 is 0. The van der Waals surface area contributed by atoms with Crippen LogP contribution in [-0.4, -0.2) is 18.3 Å². The van der Waals surface area contributed by atoms with E-state index >= 15 is 0 Å². The molecule has 4 heterocycles. The molecule has 0 amide bonds. The Morgan fingerprint density at radius 3 is 1.50 bits per heavy atom. The molecule has 0 saturated carbocycles. The van der Waals surface area contributed by atoms with E-state index in [1.165, 1.54) is 110 Å². The molecule has 13 aromatic rings. The largest absolute Gasteiger partial charge is 0.311 e. The van der Waals surface area contributed by atoms with Crippen LogP contribution in [0.5, 0.6) is 0 Å². The smallest absolute Gasteiger partial charge is 0.0788 e. The number of para-hydroxylation sites is 5. The van der Waals surface area contributed by atoms with Gasteiger partial charge >= 0.3 is 0 Å². The average molecular weight is 791 g/mol. The molecule has 1 aliphatic rings. The summed E-state index contributed by atoms with van der Waals surface area (Å²) < 4.78 is 9.97. The van der Waals surface area contributed by atoms with Gasteiger partial charge in [-0.1, -0.05) is 133 Å². The number of fused-ring (bicyclic) bond motifs is 15. The Morgan fingerprint density at radius 2 is 0.823 bits per heavy atom. The fourth-order valence-corrected chi connectivity index (χ4v) is 11.0. The van der Waals surface area contributed by atoms with Gasteiger partial charge in [-0.05, 0) is 96.4 Å². The molecule has 0 saturated heterocycles. The van der Waals surface area contributed by atoms with Crippen LogP contribution < -0.4 is 0 Å². The Bertz CT molecular complexity index is 4020. The lowest BCUT2D eigenvalue weighted by Crippen LogP contribution is -2.04. The minimum absolute atomic E-state index is 1.02. The number of aromatic nitrogens is 4. The third-order valence-corrected chi connectivity index (χ3v) is 13.6. The van der Waals surface area contributed by atoms with Crippen LogP contribution in [0.4, 0.5) is 0 Å². The number of nitrogens with zero attached hydrogens (tertiary/aromatic N) is 4. The number of hydrogen-bond donors (Lipinski definition) is 0. The molecule has 9 aromatic carbocycles. The molecule has 4 nitrogen and oxygen atoms in total. The topological polar surface area (TPSA) is 19.7 Å². The second kappa shape index (κ2) is 12.7. The lowest BCUT2D eigenvalue weighted by Gasteiger charge is -2.15. The summed E-state index contributed by atoms with van der Waals surface area (Å²) in [6.07, 6.45) is 6.74. The molecule has 0 aliphatic heterocycles. The zero-order valence-corrected chi connectivity index (χ0v) is 33.8. The first kappa shape index (κ1) is 33.7. The van der Waals surface area contributed by atoms with Crippen molar-refractivity contribution in [1.82, 2.24) is 18.3 Å². The molecule has 4 heteroatoms. The lowest BCUT2D eigenvalue weighted by atomic mass is 10.0. The monoisotopic (exact) mass is 790 g/mol. The van der Waals surface area contributed by atoms with Crippen molar-refractivity contribution in [2.75, 3.05) is 0 Å². The fraction of sp³-hybridized carbons (Fsp3) is 0.0345. The van der Waals surface area contributed by atoms with Gasteiger partial charge in [0.05, 0.1) is 38.6 Å². The predicted molar refractivity (Wildman–Crippen MR) is 261 cm³/mol. The van der Waals surface area contributed by atoms with Gasteiger partial charge in [0.25, 0.3) is 0 Å². The van der Waals surface area contributed by atoms with E-state index in [1.807, 2.05) is 0 Å². The van der Waals surface area contributed by atoms with Crippen molar-refractivity contribution in [1.29, 1.82) is 0 Å². The Morgan fingerprint density at radius 1 is 0.323 bits per heavy atom. The summed E-state index contributed by atoms with van der Waals surface area (Å²) in [5.74, 6) is 0. The first-order chi connectivity index (χ1) is 30.8. The number of rotatable bonds is 4. The summed E-state index contributed by atoms with van der Waals surface area (Å²) in [5, 5.41) is 11.3. The van der Waals surface area contributed by atoms with Gasteiger partial charge in [-0.3, -0.25) is 0 Å². The Kier molecular flexibility index (Phi) is 6.92. The minimum atomic E-state index is 1.02. The Balaban J connectivity index is 1.00. The van der Waals surface area contributed by atoms with E-state index in [2.05, 4.69) is 225 Å². The Hall–Kier alpha value is -8.08. The van der Waals surface area contributed by atoms with Crippen LogP contribution in [-0.2, 0) is 6.42 Å². The molecule has 62 heavy (non-hydrogen) atoms. The molecule has 4 aromatic heterocycles. The quantitative estimate of drug-likeness (QED) is 0.169. The maximum atomic E-state index is 2.54. The number of benzene rings is 9. The first-order valence-corrected chi connectivity index (χ1v) is 21.7. The van der Waals surface area contributed by atoms with Gasteiger partial charge in [-0.15, -0.1) is 0 Å². The summed E-state index contributed by atoms with van der Waals surface area (Å²) in [5.41, 5.74) is 16.0. The van der Waals surface area contributed by atoms with Crippen LogP contribution in [0.25, 0.3) is 116 Å². The standard InChI is InChI=1S/C58H38N4/c1-3-15-39(16-4-1)60-50-23-11-7-19-43(50)46-33-34-54-55(56(46)60)49-22-10-14-26-53(49)59(54)41-29-27-38-36-42(30-28-37(38)35-41)62-52-25-13-9-21-45(52)48-32-31-47-44-20-8-12-24-51(44)61(57(47)58(48)62)40-17-5-2-6-18-40/h1-11,13-23,25-36H,12,24H2. The molecule has 0 atom stereocenters. The predicted octanol–water partition coefficient (Wildman–Crippen LogP) is 15.0. The van der Waals surface area contributed by atoms with Crippen molar-refractivity contribution in [3.8, 4) is 22.7 Å². The van der Waals surface area contributed by atoms with Crippen LogP contribution in [0.15, 0.2) is 200 Å². The third-order valence-electron chi connectivity index (χ3n) is 13.6. The molecule has 0 fully saturated rings. The van der Waals surface area contributed by atoms with Crippen molar-refractivity contribution < 1.29 is 0 Å². The zero-order chi connectivity index (χ0) is 40.5. The van der Waals surface area contributed by atoms with E-state index in [9.17, 15) is 0 Å². The van der Waals surface area contributed by atoms with Crippen molar-refractivity contribution in [2.45, 2.75) is 12.8 Å². The molecule has 0 N–H and O–H groups in total. The van der Waals surface area contributed by atoms with Crippen molar-refractivity contribution in [2.24, 2.45) is 0 Å². The van der Waals surface area contributed by atoms with Gasteiger partial charge in [-0.25, -0.2) is 0 Å². The molecular formula is C58H38N4. The van der Waals surface area contributed by atoms with E-state index in [0.717, 1.165) is 24.2 Å². The maximum Gasteiger partial charge on any atom is 0.0788 e. The zero-order valence-electron chi connectivity index (χ0n) is 33.8. The number of allylic oxidation sites excluding steroid dienone is 1. The maximum absolute atomic E-state index is 2.54. The molecule has 14 rings (SSSR count). The van der Waals surface area contributed by atoms with E-state index in [0.29, 0.717) is 0 Å². The first-order valence-electron chi connectivity index (χ1n) is 21.7. The van der Waals surface area contributed by atoms with Gasteiger partial charge in [0.15, 0.2) is 0 Å². The summed E-state index contributed by atoms with van der Waals surface area (Å²) in [6.45, 7) is 0. The molecule has 0 bridgehead atoms. The van der Waals surface area contributed by atoms with Crippen molar-refractivity contribution >= 4 is 93.2 Å². The highest BCUT2D eigenvalue weighted by Crippen LogP contribution is 2.44. The van der Waals surface area contributed by atoms with E-state index < -0.39 is 0 Å². The lowest BCUT2D eigenvalue weighted by molar-refractivity contribution is 0.889. The van der Waals surface area contributed by atoms with Gasteiger partial charge < -0.3 is 18.3 Å². The highest BCUT2D eigenvalue weighted by atomic mass is 15.1. The van der Waals surface area contributed by atoms with Gasteiger partial charge in [0, 0.05) is 71.7 Å². The second-order valence-corrected chi connectivity index (χ2v) is 16.8. The van der Waals surface area contributed by atoms with E-state index in [1.54, 1.807) is 0 Å². The molecule has 0 unspecified atom stereocenters. The van der Waals surface area contributed by atoms with Crippen LogP contribution in [0.2, 0.25) is 0 Å². The number of hydrogen-bond acceptors (Lipinski definition) is 0. The minimum Gasteiger partial charge on any atom is -0.311 e. The van der Waals surface area contributed by atoms with Crippen LogP contribution >= 0.6 is 0 Å². The van der Waals surface area contributed by atoms with E-state index in [4.69, 9.17) is 0 Å². The molecule has 290 valence electrons. The van der Waals surface area contributed by atoms with Crippen LogP contribution in [0.1, 0.15) is 17.7 Å². The summed E-state index contributed by atoms with van der Waals surface area (Å²) in [7, 11) is 0. The Labute approximate surface area is 357 Å². The normalized spacial score (nSPS) is 13.0. The van der Waals surface area contributed by atoms with Gasteiger partial charge in [0.2, 0.25) is 0 Å². The van der Waals surface area contributed by atoms with Gasteiger partial charge in [0.1, 0.15) is 0 Å². The molecule has 1 aliphatic carbocycles. The summed E-state index contributed by atoms with van der Waals surface area (Å²) in [4.78, 5) is 0. The fourth-order valence-electron chi connectivity index (χ4n) is 11.0. The van der Waals surface area contributed by atoms with Crippen LogP contribution in [0, 0.1) is 0 Å². The van der Waals surface area contributed by atoms with Gasteiger partial charge in [-0.2, -0.15) is 0 Å².